The minimum absolute atomic E-state index is 0.0281. The first-order valence-electron chi connectivity index (χ1n) is 6.26. The molecule has 0 bridgehead atoms. The molecule has 0 saturated heterocycles. The fourth-order valence-electron chi connectivity index (χ4n) is 2.46. The minimum Gasteiger partial charge on any atom is -0.383 e. The number of pyridine rings is 1. The quantitative estimate of drug-likeness (QED) is 0.637. The van der Waals surface area contributed by atoms with E-state index in [4.69, 9.17) is 5.73 Å². The van der Waals surface area contributed by atoms with Crippen molar-refractivity contribution in [1.82, 2.24) is 4.98 Å². The number of nitro groups is 1. The zero-order valence-corrected chi connectivity index (χ0v) is 11.7. The maximum Gasteiger partial charge on any atom is 0.276 e. The molecule has 1 fully saturated rings. The number of thioether (sulfide) groups is 1. The lowest BCUT2D eigenvalue weighted by atomic mass is 10.1. The van der Waals surface area contributed by atoms with Crippen LogP contribution in [0.15, 0.2) is 12.1 Å². The van der Waals surface area contributed by atoms with Gasteiger partial charge in [0.15, 0.2) is 0 Å². The number of rotatable bonds is 5. The van der Waals surface area contributed by atoms with E-state index in [1.807, 2.05) is 11.8 Å². The Morgan fingerprint density at radius 2 is 2.21 bits per heavy atom. The smallest absolute Gasteiger partial charge is 0.276 e. The van der Waals surface area contributed by atoms with Crippen LogP contribution < -0.4 is 11.1 Å². The van der Waals surface area contributed by atoms with Crippen LogP contribution in [0.4, 0.5) is 17.3 Å². The van der Waals surface area contributed by atoms with Crippen LogP contribution >= 0.6 is 11.8 Å². The van der Waals surface area contributed by atoms with E-state index in [1.165, 1.54) is 37.8 Å². The van der Waals surface area contributed by atoms with Gasteiger partial charge in [-0.15, -0.1) is 0 Å². The Kier molecular flexibility index (Phi) is 4.14. The fourth-order valence-corrected chi connectivity index (χ4v) is 3.37. The number of nitrogens with two attached hydrogens (primary N) is 1. The monoisotopic (exact) mass is 282 g/mol. The highest BCUT2D eigenvalue weighted by Gasteiger charge is 2.32. The summed E-state index contributed by atoms with van der Waals surface area (Å²) in [6.07, 6.45) is 6.94. The second-order valence-electron chi connectivity index (χ2n) is 4.84. The van der Waals surface area contributed by atoms with Crippen LogP contribution in [-0.2, 0) is 0 Å². The van der Waals surface area contributed by atoms with E-state index in [9.17, 15) is 10.1 Å². The molecule has 0 aromatic carbocycles. The van der Waals surface area contributed by atoms with E-state index in [1.54, 1.807) is 0 Å². The van der Waals surface area contributed by atoms with Crippen LogP contribution in [0.5, 0.6) is 0 Å². The van der Waals surface area contributed by atoms with Crippen molar-refractivity contribution in [1.29, 1.82) is 0 Å². The van der Waals surface area contributed by atoms with Crippen molar-refractivity contribution in [2.45, 2.75) is 30.4 Å². The average molecular weight is 282 g/mol. The van der Waals surface area contributed by atoms with Gasteiger partial charge in [0.1, 0.15) is 11.6 Å². The van der Waals surface area contributed by atoms with Crippen molar-refractivity contribution in [3.8, 4) is 0 Å². The zero-order chi connectivity index (χ0) is 13.9. The Labute approximate surface area is 116 Å². The minimum atomic E-state index is -0.455. The van der Waals surface area contributed by atoms with Gasteiger partial charge >= 0.3 is 0 Å². The Morgan fingerprint density at radius 1 is 1.53 bits per heavy atom. The van der Waals surface area contributed by atoms with Crippen molar-refractivity contribution in [2.75, 3.05) is 23.9 Å². The number of anilines is 2. The first-order chi connectivity index (χ1) is 9.04. The van der Waals surface area contributed by atoms with Crippen molar-refractivity contribution in [2.24, 2.45) is 0 Å². The molecule has 0 radical (unpaired) electrons. The molecule has 2 rings (SSSR count). The van der Waals surface area contributed by atoms with E-state index < -0.39 is 4.92 Å². The lowest BCUT2D eigenvalue weighted by molar-refractivity contribution is -0.384. The SMILES string of the molecule is CSC1(CNc2cc([N+](=O)[O-])cc(N)n2)CCCC1. The molecule has 6 nitrogen and oxygen atoms in total. The van der Waals surface area contributed by atoms with Crippen LogP contribution in [0.2, 0.25) is 0 Å². The van der Waals surface area contributed by atoms with Gasteiger partial charge in [-0.3, -0.25) is 10.1 Å². The van der Waals surface area contributed by atoms with Gasteiger partial charge in [0, 0.05) is 11.3 Å². The summed E-state index contributed by atoms with van der Waals surface area (Å²) in [6.45, 7) is 0.766. The summed E-state index contributed by atoms with van der Waals surface area (Å²) in [5.41, 5.74) is 5.56. The standard InChI is InChI=1S/C12H18N4O2S/c1-19-12(4-2-3-5-12)8-14-11-7-9(16(17)18)6-10(13)15-11/h6-7H,2-5,8H2,1H3,(H3,13,14,15). The normalized spacial score (nSPS) is 17.3. The molecule has 3 N–H and O–H groups in total. The summed E-state index contributed by atoms with van der Waals surface area (Å²) in [4.78, 5) is 14.4. The second-order valence-corrected chi connectivity index (χ2v) is 6.11. The molecule has 1 aromatic heterocycles. The highest BCUT2D eigenvalue weighted by molar-refractivity contribution is 8.00. The summed E-state index contributed by atoms with van der Waals surface area (Å²) in [6, 6.07) is 2.70. The molecule has 0 unspecified atom stereocenters. The molecule has 1 saturated carbocycles. The maximum atomic E-state index is 10.8. The molecule has 1 heterocycles. The molecule has 19 heavy (non-hydrogen) atoms. The molecular weight excluding hydrogens is 264 g/mol. The molecular formula is C12H18N4O2S. The molecule has 1 aromatic rings. The van der Waals surface area contributed by atoms with Crippen LogP contribution in [-0.4, -0.2) is 27.5 Å². The number of hydrogen-bond donors (Lipinski definition) is 2. The van der Waals surface area contributed by atoms with Crippen molar-refractivity contribution >= 4 is 29.1 Å². The summed E-state index contributed by atoms with van der Waals surface area (Å²) in [5.74, 6) is 0.647. The number of hydrogen-bond acceptors (Lipinski definition) is 6. The number of nitrogens with one attached hydrogen (secondary N) is 1. The van der Waals surface area contributed by atoms with Gasteiger partial charge < -0.3 is 11.1 Å². The fraction of sp³-hybridized carbons (Fsp3) is 0.583. The molecule has 0 amide bonds. The van der Waals surface area contributed by atoms with Gasteiger partial charge in [-0.25, -0.2) is 4.98 Å². The van der Waals surface area contributed by atoms with E-state index in [0.29, 0.717) is 5.82 Å². The third-order valence-corrected chi connectivity index (χ3v) is 5.00. The molecule has 0 aliphatic heterocycles. The van der Waals surface area contributed by atoms with Gasteiger partial charge in [-0.1, -0.05) is 12.8 Å². The van der Waals surface area contributed by atoms with Crippen LogP contribution in [0.25, 0.3) is 0 Å². The largest absolute Gasteiger partial charge is 0.383 e. The van der Waals surface area contributed by atoms with Gasteiger partial charge in [-0.2, -0.15) is 11.8 Å². The van der Waals surface area contributed by atoms with E-state index >= 15 is 0 Å². The highest BCUT2D eigenvalue weighted by atomic mass is 32.2. The molecule has 7 heteroatoms. The molecule has 0 spiro atoms. The summed E-state index contributed by atoms with van der Waals surface area (Å²) >= 11 is 1.86. The molecule has 1 aliphatic carbocycles. The first kappa shape index (κ1) is 13.9. The average Bonchev–Trinajstić information content (AvgIpc) is 2.85. The zero-order valence-electron chi connectivity index (χ0n) is 10.9. The first-order valence-corrected chi connectivity index (χ1v) is 7.48. The van der Waals surface area contributed by atoms with Crippen molar-refractivity contribution in [3.05, 3.63) is 22.2 Å². The van der Waals surface area contributed by atoms with Gasteiger partial charge in [0.2, 0.25) is 0 Å². The lowest BCUT2D eigenvalue weighted by Crippen LogP contribution is -2.30. The van der Waals surface area contributed by atoms with Crippen LogP contribution in [0, 0.1) is 10.1 Å². The molecule has 104 valence electrons. The molecule has 0 atom stereocenters. The van der Waals surface area contributed by atoms with E-state index in [2.05, 4.69) is 16.6 Å². The van der Waals surface area contributed by atoms with Gasteiger partial charge in [0.25, 0.3) is 5.69 Å². The summed E-state index contributed by atoms with van der Waals surface area (Å²) in [5, 5.41) is 14.0. The van der Waals surface area contributed by atoms with Crippen LogP contribution in [0.3, 0.4) is 0 Å². The summed E-state index contributed by atoms with van der Waals surface area (Å²) < 4.78 is 0.223. The lowest BCUT2D eigenvalue weighted by Gasteiger charge is -2.27. The maximum absolute atomic E-state index is 10.8. The Morgan fingerprint density at radius 3 is 2.79 bits per heavy atom. The van der Waals surface area contributed by atoms with Crippen molar-refractivity contribution in [3.63, 3.8) is 0 Å². The van der Waals surface area contributed by atoms with Crippen molar-refractivity contribution < 1.29 is 4.92 Å². The predicted octanol–water partition coefficient (Wildman–Crippen LogP) is 2.66. The summed E-state index contributed by atoms with van der Waals surface area (Å²) in [7, 11) is 0. The van der Waals surface area contributed by atoms with Gasteiger partial charge in [-0.05, 0) is 19.1 Å². The van der Waals surface area contributed by atoms with Crippen LogP contribution in [0.1, 0.15) is 25.7 Å². The highest BCUT2D eigenvalue weighted by Crippen LogP contribution is 2.40. The predicted molar refractivity (Wildman–Crippen MR) is 78.5 cm³/mol. The van der Waals surface area contributed by atoms with E-state index in [-0.39, 0.29) is 16.3 Å². The molecule has 1 aliphatic rings. The Hall–Kier alpha value is -1.50. The van der Waals surface area contributed by atoms with Gasteiger partial charge in [0.05, 0.1) is 17.1 Å². The number of nitrogen functional groups attached to an aromatic ring is 1. The Balaban J connectivity index is 2.08. The number of nitrogens with zero attached hydrogens (tertiary/aromatic N) is 2. The Bertz CT molecular complexity index is 475. The third kappa shape index (κ3) is 3.28. The number of aromatic nitrogens is 1. The third-order valence-electron chi connectivity index (χ3n) is 3.58. The van der Waals surface area contributed by atoms with E-state index in [0.717, 1.165) is 6.54 Å². The second kappa shape index (κ2) is 5.64. The topological polar surface area (TPSA) is 94.1 Å².